The first-order chi connectivity index (χ1) is 7.83. The number of nitrogens with zero attached hydrogens (tertiary/aromatic N) is 2. The molecule has 2 N–H and O–H groups in total. The summed E-state index contributed by atoms with van der Waals surface area (Å²) in [6.45, 7) is 3.18. The minimum Gasteiger partial charge on any atom is -0.369 e. The van der Waals surface area contributed by atoms with E-state index in [-0.39, 0.29) is 0 Å². The number of aromatic amines is 1. The second kappa shape index (κ2) is 5.47. The number of hydrogen-bond donors (Lipinski definition) is 2. The Kier molecular flexibility index (Phi) is 3.98. The standard InChI is InChI=1S/C11H15IN4/c1-2-3-4-5-13-10-9-8(12)6-14-11(9)16-7-15-10/h6-7H,2-5H2,1H3,(H2,13,14,15,16). The van der Waals surface area contributed by atoms with Gasteiger partial charge in [0.1, 0.15) is 17.8 Å². The van der Waals surface area contributed by atoms with Crippen molar-refractivity contribution in [3.8, 4) is 0 Å². The van der Waals surface area contributed by atoms with Crippen LogP contribution in [0.2, 0.25) is 0 Å². The lowest BCUT2D eigenvalue weighted by Crippen LogP contribution is -2.04. The van der Waals surface area contributed by atoms with Gasteiger partial charge in [-0.1, -0.05) is 19.8 Å². The molecule has 0 saturated carbocycles. The van der Waals surface area contributed by atoms with E-state index in [2.05, 4.69) is 49.8 Å². The molecule has 0 saturated heterocycles. The number of halogens is 1. The molecule has 0 radical (unpaired) electrons. The third-order valence-corrected chi connectivity index (χ3v) is 3.35. The summed E-state index contributed by atoms with van der Waals surface area (Å²) in [5, 5.41) is 4.47. The molecule has 0 aromatic carbocycles. The second-order valence-corrected chi connectivity index (χ2v) is 4.88. The van der Waals surface area contributed by atoms with E-state index in [1.54, 1.807) is 6.33 Å². The number of nitrogens with one attached hydrogen (secondary N) is 2. The molecule has 0 fully saturated rings. The topological polar surface area (TPSA) is 53.6 Å². The minimum atomic E-state index is 0.900. The molecule has 0 spiro atoms. The molecule has 0 amide bonds. The zero-order valence-corrected chi connectivity index (χ0v) is 11.4. The highest BCUT2D eigenvalue weighted by atomic mass is 127. The molecular formula is C11H15IN4. The van der Waals surface area contributed by atoms with Crippen LogP contribution in [-0.2, 0) is 0 Å². The molecule has 2 aromatic heterocycles. The molecule has 16 heavy (non-hydrogen) atoms. The van der Waals surface area contributed by atoms with Crippen molar-refractivity contribution in [2.75, 3.05) is 11.9 Å². The Hall–Kier alpha value is -0.850. The molecule has 0 unspecified atom stereocenters. The van der Waals surface area contributed by atoms with Gasteiger partial charge in [0.25, 0.3) is 0 Å². The predicted octanol–water partition coefficient (Wildman–Crippen LogP) is 3.16. The maximum atomic E-state index is 4.29. The van der Waals surface area contributed by atoms with Crippen LogP contribution in [0.1, 0.15) is 26.2 Å². The van der Waals surface area contributed by atoms with Gasteiger partial charge in [-0.3, -0.25) is 0 Å². The Morgan fingerprint density at radius 1 is 1.38 bits per heavy atom. The van der Waals surface area contributed by atoms with Crippen LogP contribution >= 0.6 is 22.6 Å². The van der Waals surface area contributed by atoms with Crippen LogP contribution in [0.25, 0.3) is 11.0 Å². The van der Waals surface area contributed by atoms with E-state index >= 15 is 0 Å². The Morgan fingerprint density at radius 2 is 2.25 bits per heavy atom. The van der Waals surface area contributed by atoms with Crippen LogP contribution in [-0.4, -0.2) is 21.5 Å². The van der Waals surface area contributed by atoms with Crippen molar-refractivity contribution < 1.29 is 0 Å². The minimum absolute atomic E-state index is 0.900. The predicted molar refractivity (Wildman–Crippen MR) is 74.6 cm³/mol. The number of fused-ring (bicyclic) bond motifs is 1. The van der Waals surface area contributed by atoms with E-state index in [0.717, 1.165) is 27.0 Å². The quantitative estimate of drug-likeness (QED) is 0.654. The third kappa shape index (κ3) is 2.45. The second-order valence-electron chi connectivity index (χ2n) is 3.72. The van der Waals surface area contributed by atoms with Crippen molar-refractivity contribution >= 4 is 39.4 Å². The zero-order chi connectivity index (χ0) is 11.4. The van der Waals surface area contributed by atoms with Crippen LogP contribution in [0.4, 0.5) is 5.82 Å². The van der Waals surface area contributed by atoms with Crippen molar-refractivity contribution in [2.24, 2.45) is 0 Å². The van der Waals surface area contributed by atoms with E-state index in [0.29, 0.717) is 0 Å². The Morgan fingerprint density at radius 3 is 3.06 bits per heavy atom. The lowest BCUT2D eigenvalue weighted by atomic mass is 10.2. The first kappa shape index (κ1) is 11.6. The maximum absolute atomic E-state index is 4.29. The van der Waals surface area contributed by atoms with Crippen molar-refractivity contribution in [1.82, 2.24) is 15.0 Å². The van der Waals surface area contributed by atoms with E-state index in [9.17, 15) is 0 Å². The average molecular weight is 330 g/mol. The number of hydrogen-bond acceptors (Lipinski definition) is 3. The molecule has 4 nitrogen and oxygen atoms in total. The van der Waals surface area contributed by atoms with Gasteiger partial charge in [-0.15, -0.1) is 0 Å². The zero-order valence-electron chi connectivity index (χ0n) is 9.26. The normalized spacial score (nSPS) is 10.9. The third-order valence-electron chi connectivity index (χ3n) is 2.49. The molecule has 0 aliphatic carbocycles. The van der Waals surface area contributed by atoms with Gasteiger partial charge in [0.05, 0.1) is 5.39 Å². The summed E-state index contributed by atoms with van der Waals surface area (Å²) in [7, 11) is 0. The first-order valence-electron chi connectivity index (χ1n) is 5.54. The highest BCUT2D eigenvalue weighted by Crippen LogP contribution is 2.24. The summed E-state index contributed by atoms with van der Waals surface area (Å²) in [6.07, 6.45) is 7.23. The lowest BCUT2D eigenvalue weighted by Gasteiger charge is -2.05. The number of H-pyrrole nitrogens is 1. The average Bonchev–Trinajstić information content (AvgIpc) is 2.68. The van der Waals surface area contributed by atoms with Crippen LogP contribution in [0, 0.1) is 3.57 Å². The summed E-state index contributed by atoms with van der Waals surface area (Å²) < 4.78 is 1.16. The SMILES string of the molecule is CCCCCNc1ncnc2[nH]cc(I)c12. The van der Waals surface area contributed by atoms with Crippen LogP contribution < -0.4 is 5.32 Å². The van der Waals surface area contributed by atoms with Crippen LogP contribution in [0.3, 0.4) is 0 Å². The molecule has 5 heteroatoms. The number of unbranched alkanes of at least 4 members (excludes halogenated alkanes) is 2. The van der Waals surface area contributed by atoms with Gasteiger partial charge in [-0.05, 0) is 29.0 Å². The Bertz CT molecular complexity index is 466. The summed E-state index contributed by atoms with van der Waals surface area (Å²) in [5.74, 6) is 0.937. The molecule has 2 aromatic rings. The summed E-state index contributed by atoms with van der Waals surface area (Å²) in [6, 6.07) is 0. The lowest BCUT2D eigenvalue weighted by molar-refractivity contribution is 0.742. The Balaban J connectivity index is 2.13. The van der Waals surface area contributed by atoms with Gasteiger partial charge in [0, 0.05) is 16.3 Å². The summed E-state index contributed by atoms with van der Waals surface area (Å²) >= 11 is 2.30. The molecule has 0 bridgehead atoms. The fourth-order valence-electron chi connectivity index (χ4n) is 1.64. The molecule has 86 valence electrons. The molecule has 0 aliphatic rings. The summed E-state index contributed by atoms with van der Waals surface area (Å²) in [4.78, 5) is 11.6. The first-order valence-corrected chi connectivity index (χ1v) is 6.62. The Labute approximate surface area is 108 Å². The molecule has 2 rings (SSSR count). The molecular weight excluding hydrogens is 315 g/mol. The highest BCUT2D eigenvalue weighted by Gasteiger charge is 2.07. The van der Waals surface area contributed by atoms with Crippen molar-refractivity contribution in [1.29, 1.82) is 0 Å². The monoisotopic (exact) mass is 330 g/mol. The van der Waals surface area contributed by atoms with Gasteiger partial charge in [0.2, 0.25) is 0 Å². The van der Waals surface area contributed by atoms with Crippen molar-refractivity contribution in [3.63, 3.8) is 0 Å². The molecule has 0 aliphatic heterocycles. The fourth-order valence-corrected chi connectivity index (χ4v) is 2.31. The number of aromatic nitrogens is 3. The summed E-state index contributed by atoms with van der Waals surface area (Å²) in [5.41, 5.74) is 0.900. The van der Waals surface area contributed by atoms with E-state index < -0.39 is 0 Å². The van der Waals surface area contributed by atoms with Crippen molar-refractivity contribution in [2.45, 2.75) is 26.2 Å². The molecule has 2 heterocycles. The number of anilines is 1. The van der Waals surface area contributed by atoms with Crippen molar-refractivity contribution in [3.05, 3.63) is 16.1 Å². The fraction of sp³-hybridized carbons (Fsp3) is 0.455. The number of rotatable bonds is 5. The van der Waals surface area contributed by atoms with E-state index in [1.807, 2.05) is 6.20 Å². The smallest absolute Gasteiger partial charge is 0.143 e. The van der Waals surface area contributed by atoms with Crippen LogP contribution in [0.5, 0.6) is 0 Å². The highest BCUT2D eigenvalue weighted by molar-refractivity contribution is 14.1. The maximum Gasteiger partial charge on any atom is 0.143 e. The molecule has 0 atom stereocenters. The van der Waals surface area contributed by atoms with Gasteiger partial charge < -0.3 is 10.3 Å². The van der Waals surface area contributed by atoms with E-state index in [1.165, 1.54) is 19.3 Å². The largest absolute Gasteiger partial charge is 0.369 e. The van der Waals surface area contributed by atoms with Gasteiger partial charge >= 0.3 is 0 Å². The van der Waals surface area contributed by atoms with Gasteiger partial charge in [-0.25, -0.2) is 9.97 Å². The van der Waals surface area contributed by atoms with Gasteiger partial charge in [0.15, 0.2) is 0 Å². The van der Waals surface area contributed by atoms with Gasteiger partial charge in [-0.2, -0.15) is 0 Å². The van der Waals surface area contributed by atoms with Crippen LogP contribution in [0.15, 0.2) is 12.5 Å². The van der Waals surface area contributed by atoms with E-state index in [4.69, 9.17) is 0 Å².